The molecule has 1 aromatic carbocycles. The Morgan fingerprint density at radius 2 is 1.75 bits per heavy atom. The number of rotatable bonds is 6. The van der Waals surface area contributed by atoms with E-state index in [0.717, 1.165) is 37.2 Å². The van der Waals surface area contributed by atoms with Gasteiger partial charge < -0.3 is 14.4 Å². The Morgan fingerprint density at radius 3 is 2.36 bits per heavy atom. The van der Waals surface area contributed by atoms with Crippen molar-refractivity contribution in [2.45, 2.75) is 44.7 Å². The number of carbonyl (C=O) groups excluding carboxylic acids is 2. The molecule has 1 aromatic rings. The monoisotopic (exact) mass is 389 g/mol. The summed E-state index contributed by atoms with van der Waals surface area (Å²) >= 11 is 0. The van der Waals surface area contributed by atoms with Crippen molar-refractivity contribution < 1.29 is 19.1 Å². The van der Waals surface area contributed by atoms with Crippen molar-refractivity contribution in [2.24, 2.45) is 11.8 Å². The van der Waals surface area contributed by atoms with E-state index < -0.39 is 0 Å². The number of nitrogens with one attached hydrogen (secondary N) is 2. The minimum absolute atomic E-state index is 0.0849. The molecule has 0 aliphatic carbocycles. The van der Waals surface area contributed by atoms with Crippen LogP contribution in [0.25, 0.3) is 0 Å². The van der Waals surface area contributed by atoms with E-state index >= 15 is 0 Å². The Bertz CT molecular complexity index is 671. The van der Waals surface area contributed by atoms with Gasteiger partial charge >= 0.3 is 5.97 Å². The predicted octanol–water partition coefficient (Wildman–Crippen LogP) is 2.04. The van der Waals surface area contributed by atoms with Crippen molar-refractivity contribution in [1.82, 2.24) is 15.8 Å². The summed E-state index contributed by atoms with van der Waals surface area (Å²) < 4.78 is 9.99. The number of esters is 1. The number of hydrogen-bond donors (Lipinski definition) is 2. The van der Waals surface area contributed by atoms with Crippen molar-refractivity contribution >= 4 is 11.9 Å². The topological polar surface area (TPSA) is 79.9 Å². The van der Waals surface area contributed by atoms with Gasteiger partial charge in [0.05, 0.1) is 20.3 Å². The number of amides is 1. The number of nitrogens with zero attached hydrogens (tertiary/aromatic N) is 1. The summed E-state index contributed by atoms with van der Waals surface area (Å²) in [6.07, 6.45) is 2.67. The number of methoxy groups -OCH3 is 2. The highest BCUT2D eigenvalue weighted by atomic mass is 16.5. The van der Waals surface area contributed by atoms with E-state index in [0.29, 0.717) is 18.8 Å². The van der Waals surface area contributed by atoms with Gasteiger partial charge in [-0.05, 0) is 43.4 Å². The van der Waals surface area contributed by atoms with Crippen molar-refractivity contribution in [3.05, 3.63) is 29.8 Å². The Balaban J connectivity index is 1.56. The van der Waals surface area contributed by atoms with Gasteiger partial charge in [-0.2, -0.15) is 0 Å². The zero-order chi connectivity index (χ0) is 20.1. The van der Waals surface area contributed by atoms with Crippen LogP contribution < -0.4 is 15.6 Å². The highest BCUT2D eigenvalue weighted by molar-refractivity contribution is 5.77. The standard InChI is InChI=1S/C21H31N3O4/c1-14-18(21(23-22-14)16-4-6-17(27-2)7-5-16)13-19(25)24-10-8-15(9-11-24)12-20(26)28-3/h4-7,14-15,18,21-23H,8-13H2,1-3H3. The van der Waals surface area contributed by atoms with Crippen LogP contribution in [-0.2, 0) is 14.3 Å². The first-order valence-corrected chi connectivity index (χ1v) is 10.0. The van der Waals surface area contributed by atoms with E-state index in [9.17, 15) is 9.59 Å². The van der Waals surface area contributed by atoms with E-state index in [4.69, 9.17) is 9.47 Å². The molecule has 3 unspecified atom stereocenters. The molecule has 2 N–H and O–H groups in total. The number of hydrazine groups is 1. The summed E-state index contributed by atoms with van der Waals surface area (Å²) in [6, 6.07) is 8.28. The minimum atomic E-state index is -0.163. The van der Waals surface area contributed by atoms with Gasteiger partial charge in [0.15, 0.2) is 0 Å². The summed E-state index contributed by atoms with van der Waals surface area (Å²) in [4.78, 5) is 26.3. The highest BCUT2D eigenvalue weighted by Gasteiger charge is 2.37. The number of piperidine rings is 1. The summed E-state index contributed by atoms with van der Waals surface area (Å²) in [5.41, 5.74) is 7.77. The van der Waals surface area contributed by atoms with E-state index in [1.165, 1.54) is 7.11 Å². The van der Waals surface area contributed by atoms with Crippen LogP contribution in [0.3, 0.4) is 0 Å². The quantitative estimate of drug-likeness (QED) is 0.725. The molecule has 3 rings (SSSR count). The Kier molecular flexibility index (Phi) is 6.91. The van der Waals surface area contributed by atoms with E-state index in [1.54, 1.807) is 7.11 Å². The van der Waals surface area contributed by atoms with Crippen molar-refractivity contribution in [2.75, 3.05) is 27.3 Å². The van der Waals surface area contributed by atoms with E-state index in [2.05, 4.69) is 17.8 Å². The summed E-state index contributed by atoms with van der Waals surface area (Å²) in [5, 5.41) is 0. The van der Waals surface area contributed by atoms with E-state index in [1.807, 2.05) is 29.2 Å². The van der Waals surface area contributed by atoms with Crippen LogP contribution in [0.1, 0.15) is 44.2 Å². The molecule has 0 spiro atoms. The molecular weight excluding hydrogens is 358 g/mol. The summed E-state index contributed by atoms with van der Waals surface area (Å²) in [5.74, 6) is 1.34. The van der Waals surface area contributed by atoms with Gasteiger partial charge in [0, 0.05) is 37.9 Å². The zero-order valence-corrected chi connectivity index (χ0v) is 16.9. The lowest BCUT2D eigenvalue weighted by Gasteiger charge is -2.33. The van der Waals surface area contributed by atoms with Crippen molar-refractivity contribution in [1.29, 1.82) is 0 Å². The molecule has 7 heteroatoms. The zero-order valence-electron chi connectivity index (χ0n) is 16.9. The molecule has 0 aromatic heterocycles. The average Bonchev–Trinajstić information content (AvgIpc) is 3.08. The fourth-order valence-corrected chi connectivity index (χ4v) is 4.20. The van der Waals surface area contributed by atoms with Crippen molar-refractivity contribution in [3.8, 4) is 5.75 Å². The number of ether oxygens (including phenoxy) is 2. The molecular formula is C21H31N3O4. The van der Waals surface area contributed by atoms with Crippen molar-refractivity contribution in [3.63, 3.8) is 0 Å². The summed E-state index contributed by atoms with van der Waals surface area (Å²) in [6.45, 7) is 3.54. The molecule has 0 saturated carbocycles. The van der Waals surface area contributed by atoms with Gasteiger partial charge in [-0.1, -0.05) is 12.1 Å². The molecule has 3 atom stereocenters. The third-order valence-electron chi connectivity index (χ3n) is 6.07. The maximum absolute atomic E-state index is 12.9. The maximum atomic E-state index is 12.9. The van der Waals surface area contributed by atoms with Crippen LogP contribution in [0.5, 0.6) is 5.75 Å². The Hall–Kier alpha value is -2.12. The van der Waals surface area contributed by atoms with Gasteiger partial charge in [-0.3, -0.25) is 15.0 Å². The summed E-state index contributed by atoms with van der Waals surface area (Å²) in [7, 11) is 3.08. The molecule has 2 aliphatic rings. The lowest BCUT2D eigenvalue weighted by molar-refractivity contribution is -0.142. The first-order chi connectivity index (χ1) is 13.5. The van der Waals surface area contributed by atoms with Gasteiger partial charge in [-0.25, -0.2) is 5.43 Å². The third kappa shape index (κ3) is 4.83. The van der Waals surface area contributed by atoms with Gasteiger partial charge in [0.1, 0.15) is 5.75 Å². The number of hydrogen-bond acceptors (Lipinski definition) is 6. The van der Waals surface area contributed by atoms with Gasteiger partial charge in [0.2, 0.25) is 5.91 Å². The number of likely N-dealkylation sites (tertiary alicyclic amines) is 1. The van der Waals surface area contributed by atoms with Crippen LogP contribution in [0.4, 0.5) is 0 Å². The molecule has 2 fully saturated rings. The third-order valence-corrected chi connectivity index (χ3v) is 6.07. The fourth-order valence-electron chi connectivity index (χ4n) is 4.20. The Labute approximate surface area is 166 Å². The lowest BCUT2D eigenvalue weighted by atomic mass is 9.86. The SMILES string of the molecule is COC(=O)CC1CCN(C(=O)CC2C(C)NNC2c2ccc(OC)cc2)CC1. The van der Waals surface area contributed by atoms with Crippen LogP contribution in [0.2, 0.25) is 0 Å². The fraction of sp³-hybridized carbons (Fsp3) is 0.619. The molecule has 2 saturated heterocycles. The molecule has 7 nitrogen and oxygen atoms in total. The van der Waals surface area contributed by atoms with Crippen LogP contribution >= 0.6 is 0 Å². The van der Waals surface area contributed by atoms with Crippen LogP contribution in [-0.4, -0.2) is 50.1 Å². The van der Waals surface area contributed by atoms with Crippen LogP contribution in [0, 0.1) is 11.8 Å². The largest absolute Gasteiger partial charge is 0.497 e. The van der Waals surface area contributed by atoms with E-state index in [-0.39, 0.29) is 29.9 Å². The smallest absolute Gasteiger partial charge is 0.305 e. The average molecular weight is 389 g/mol. The first kappa shape index (κ1) is 20.6. The molecule has 154 valence electrons. The number of benzene rings is 1. The minimum Gasteiger partial charge on any atom is -0.497 e. The normalized spacial score (nSPS) is 25.5. The first-order valence-electron chi connectivity index (χ1n) is 10.0. The second kappa shape index (κ2) is 9.39. The Morgan fingerprint density at radius 1 is 1.07 bits per heavy atom. The molecule has 0 radical (unpaired) electrons. The second-order valence-corrected chi connectivity index (χ2v) is 7.80. The maximum Gasteiger partial charge on any atom is 0.305 e. The number of carbonyl (C=O) groups is 2. The van der Waals surface area contributed by atoms with Crippen LogP contribution in [0.15, 0.2) is 24.3 Å². The second-order valence-electron chi connectivity index (χ2n) is 7.80. The van der Waals surface area contributed by atoms with Gasteiger partial charge in [0.25, 0.3) is 0 Å². The molecule has 1 amide bonds. The van der Waals surface area contributed by atoms with Gasteiger partial charge in [-0.15, -0.1) is 0 Å². The predicted molar refractivity (Wildman–Crippen MR) is 106 cm³/mol. The lowest BCUT2D eigenvalue weighted by Crippen LogP contribution is -2.40. The molecule has 2 aliphatic heterocycles. The molecule has 28 heavy (non-hydrogen) atoms. The molecule has 2 heterocycles. The molecule has 0 bridgehead atoms. The highest BCUT2D eigenvalue weighted by Crippen LogP contribution is 2.33.